The SMILES string of the molecule is O=C(NC1CCCC1)c1ccc(-c2ccccn2)cc1. The van der Waals surface area contributed by atoms with Crippen molar-refractivity contribution in [2.75, 3.05) is 0 Å². The molecule has 0 radical (unpaired) electrons. The van der Waals surface area contributed by atoms with Crippen molar-refractivity contribution in [2.24, 2.45) is 0 Å². The summed E-state index contributed by atoms with van der Waals surface area (Å²) in [5.41, 5.74) is 2.68. The van der Waals surface area contributed by atoms with E-state index < -0.39 is 0 Å². The molecule has 1 aromatic heterocycles. The third-order valence-corrected chi connectivity index (χ3v) is 3.80. The second-order valence-electron chi connectivity index (χ2n) is 5.25. The first kappa shape index (κ1) is 12.9. The van der Waals surface area contributed by atoms with E-state index in [4.69, 9.17) is 0 Å². The fourth-order valence-electron chi connectivity index (χ4n) is 2.66. The summed E-state index contributed by atoms with van der Waals surface area (Å²) in [6, 6.07) is 13.8. The highest BCUT2D eigenvalue weighted by atomic mass is 16.1. The number of benzene rings is 1. The van der Waals surface area contributed by atoms with Crippen LogP contribution in [-0.2, 0) is 0 Å². The Balaban J connectivity index is 1.71. The van der Waals surface area contributed by atoms with Crippen molar-refractivity contribution >= 4 is 5.91 Å². The lowest BCUT2D eigenvalue weighted by molar-refractivity contribution is 0.0938. The summed E-state index contributed by atoms with van der Waals surface area (Å²) < 4.78 is 0. The van der Waals surface area contributed by atoms with Gasteiger partial charge < -0.3 is 5.32 Å². The first-order valence-electron chi connectivity index (χ1n) is 7.15. The fourth-order valence-corrected chi connectivity index (χ4v) is 2.66. The topological polar surface area (TPSA) is 42.0 Å². The minimum atomic E-state index is 0.0319. The summed E-state index contributed by atoms with van der Waals surface area (Å²) in [6.45, 7) is 0. The monoisotopic (exact) mass is 266 g/mol. The summed E-state index contributed by atoms with van der Waals surface area (Å²) in [7, 11) is 0. The number of amides is 1. The van der Waals surface area contributed by atoms with Crippen molar-refractivity contribution in [2.45, 2.75) is 31.7 Å². The summed E-state index contributed by atoms with van der Waals surface area (Å²) in [4.78, 5) is 16.4. The molecule has 0 bridgehead atoms. The highest BCUT2D eigenvalue weighted by molar-refractivity contribution is 5.94. The van der Waals surface area contributed by atoms with Gasteiger partial charge in [0.25, 0.3) is 5.91 Å². The molecular weight excluding hydrogens is 248 g/mol. The summed E-state index contributed by atoms with van der Waals surface area (Å²) in [5, 5.41) is 3.10. The molecule has 20 heavy (non-hydrogen) atoms. The Morgan fingerprint density at radius 3 is 2.45 bits per heavy atom. The lowest BCUT2D eigenvalue weighted by Gasteiger charge is -2.12. The van der Waals surface area contributed by atoms with Crippen molar-refractivity contribution in [1.29, 1.82) is 0 Å². The Kier molecular flexibility index (Phi) is 3.77. The van der Waals surface area contributed by atoms with Gasteiger partial charge in [0.1, 0.15) is 0 Å². The molecule has 0 aliphatic heterocycles. The van der Waals surface area contributed by atoms with Crippen LogP contribution in [0.4, 0.5) is 0 Å². The van der Waals surface area contributed by atoms with Crippen molar-refractivity contribution < 1.29 is 4.79 Å². The van der Waals surface area contributed by atoms with Crippen LogP contribution in [-0.4, -0.2) is 16.9 Å². The van der Waals surface area contributed by atoms with E-state index >= 15 is 0 Å². The smallest absolute Gasteiger partial charge is 0.251 e. The molecule has 1 aliphatic carbocycles. The molecule has 102 valence electrons. The zero-order valence-corrected chi connectivity index (χ0v) is 11.4. The van der Waals surface area contributed by atoms with Gasteiger partial charge in [0.05, 0.1) is 5.69 Å². The third-order valence-electron chi connectivity index (χ3n) is 3.80. The van der Waals surface area contributed by atoms with Crippen molar-refractivity contribution in [1.82, 2.24) is 10.3 Å². The molecule has 1 saturated carbocycles. The van der Waals surface area contributed by atoms with E-state index in [1.165, 1.54) is 12.8 Å². The minimum absolute atomic E-state index is 0.0319. The largest absolute Gasteiger partial charge is 0.349 e. The van der Waals surface area contributed by atoms with Crippen LogP contribution in [0, 0.1) is 0 Å². The van der Waals surface area contributed by atoms with Gasteiger partial charge in [-0.15, -0.1) is 0 Å². The van der Waals surface area contributed by atoms with Crippen LogP contribution in [0.3, 0.4) is 0 Å². The molecule has 0 atom stereocenters. The number of hydrogen-bond acceptors (Lipinski definition) is 2. The Hall–Kier alpha value is -2.16. The first-order valence-corrected chi connectivity index (χ1v) is 7.15. The standard InChI is InChI=1S/C17H18N2O/c20-17(19-15-5-1-2-6-15)14-10-8-13(9-11-14)16-7-3-4-12-18-16/h3-4,7-12,15H,1-2,5-6H2,(H,19,20). The molecule has 2 aromatic rings. The van der Waals surface area contributed by atoms with Gasteiger partial charge in [0.15, 0.2) is 0 Å². The third kappa shape index (κ3) is 2.87. The maximum Gasteiger partial charge on any atom is 0.251 e. The van der Waals surface area contributed by atoms with Crippen molar-refractivity contribution in [3.8, 4) is 11.3 Å². The molecule has 1 amide bonds. The normalized spacial score (nSPS) is 15.2. The zero-order valence-electron chi connectivity index (χ0n) is 11.4. The number of nitrogens with zero attached hydrogens (tertiary/aromatic N) is 1. The predicted octanol–water partition coefficient (Wildman–Crippen LogP) is 3.42. The van der Waals surface area contributed by atoms with Crippen LogP contribution in [0.25, 0.3) is 11.3 Å². The van der Waals surface area contributed by atoms with E-state index in [1.807, 2.05) is 42.5 Å². The van der Waals surface area contributed by atoms with Crippen LogP contribution >= 0.6 is 0 Å². The van der Waals surface area contributed by atoms with E-state index in [1.54, 1.807) is 6.20 Å². The second-order valence-corrected chi connectivity index (χ2v) is 5.25. The Morgan fingerprint density at radius 2 is 1.80 bits per heavy atom. The van der Waals surface area contributed by atoms with Gasteiger partial charge in [-0.1, -0.05) is 31.0 Å². The highest BCUT2D eigenvalue weighted by Crippen LogP contribution is 2.19. The Labute approximate surface area is 119 Å². The maximum absolute atomic E-state index is 12.1. The van der Waals surface area contributed by atoms with Gasteiger partial charge in [-0.2, -0.15) is 0 Å². The van der Waals surface area contributed by atoms with E-state index in [-0.39, 0.29) is 5.91 Å². The number of carbonyl (C=O) groups is 1. The number of carbonyl (C=O) groups excluding carboxylic acids is 1. The molecular formula is C17H18N2O. The fraction of sp³-hybridized carbons (Fsp3) is 0.294. The average Bonchev–Trinajstić information content (AvgIpc) is 3.01. The first-order chi connectivity index (χ1) is 9.83. The number of pyridine rings is 1. The van der Waals surface area contributed by atoms with E-state index in [2.05, 4.69) is 10.3 Å². The molecule has 1 aliphatic rings. The van der Waals surface area contributed by atoms with Crippen LogP contribution in [0.15, 0.2) is 48.7 Å². The molecule has 1 N–H and O–H groups in total. The van der Waals surface area contributed by atoms with Gasteiger partial charge in [-0.25, -0.2) is 0 Å². The quantitative estimate of drug-likeness (QED) is 0.925. The van der Waals surface area contributed by atoms with Gasteiger partial charge in [-0.05, 0) is 37.1 Å². The number of rotatable bonds is 3. The number of nitrogens with one attached hydrogen (secondary N) is 1. The van der Waals surface area contributed by atoms with E-state index in [9.17, 15) is 4.79 Å². The van der Waals surface area contributed by atoms with E-state index in [0.29, 0.717) is 6.04 Å². The minimum Gasteiger partial charge on any atom is -0.349 e. The molecule has 0 saturated heterocycles. The predicted molar refractivity (Wildman–Crippen MR) is 79.4 cm³/mol. The van der Waals surface area contributed by atoms with Gasteiger partial charge >= 0.3 is 0 Å². The van der Waals surface area contributed by atoms with Crippen molar-refractivity contribution in [3.63, 3.8) is 0 Å². The van der Waals surface area contributed by atoms with Crippen LogP contribution in [0.1, 0.15) is 36.0 Å². The molecule has 3 nitrogen and oxygen atoms in total. The van der Waals surface area contributed by atoms with Gasteiger partial charge in [0, 0.05) is 23.4 Å². The average molecular weight is 266 g/mol. The summed E-state index contributed by atoms with van der Waals surface area (Å²) in [5.74, 6) is 0.0319. The Bertz CT molecular complexity index is 572. The molecule has 0 spiro atoms. The summed E-state index contributed by atoms with van der Waals surface area (Å²) in [6.07, 6.45) is 6.44. The maximum atomic E-state index is 12.1. The number of aromatic nitrogens is 1. The molecule has 3 heteroatoms. The van der Waals surface area contributed by atoms with Crippen molar-refractivity contribution in [3.05, 3.63) is 54.2 Å². The lowest BCUT2D eigenvalue weighted by atomic mass is 10.1. The van der Waals surface area contributed by atoms with Gasteiger partial charge in [0.2, 0.25) is 0 Å². The Morgan fingerprint density at radius 1 is 1.05 bits per heavy atom. The molecule has 1 aromatic carbocycles. The molecule has 1 heterocycles. The van der Waals surface area contributed by atoms with Crippen LogP contribution < -0.4 is 5.32 Å². The van der Waals surface area contributed by atoms with Crippen LogP contribution in [0.2, 0.25) is 0 Å². The molecule has 1 fully saturated rings. The number of hydrogen-bond donors (Lipinski definition) is 1. The van der Waals surface area contributed by atoms with Crippen LogP contribution in [0.5, 0.6) is 0 Å². The van der Waals surface area contributed by atoms with E-state index in [0.717, 1.165) is 29.7 Å². The van der Waals surface area contributed by atoms with Gasteiger partial charge in [-0.3, -0.25) is 9.78 Å². The second kappa shape index (κ2) is 5.87. The summed E-state index contributed by atoms with van der Waals surface area (Å²) >= 11 is 0. The molecule has 0 unspecified atom stereocenters. The molecule has 3 rings (SSSR count). The zero-order chi connectivity index (χ0) is 13.8. The highest BCUT2D eigenvalue weighted by Gasteiger charge is 2.17. The lowest BCUT2D eigenvalue weighted by Crippen LogP contribution is -2.32.